The van der Waals surface area contributed by atoms with Crippen molar-refractivity contribution >= 4 is 5.91 Å². The number of rotatable bonds is 10. The second-order valence-corrected chi connectivity index (χ2v) is 4.95. The third-order valence-electron chi connectivity index (χ3n) is 2.93. The first-order valence-corrected chi connectivity index (χ1v) is 6.65. The monoisotopic (exact) mass is 259 g/mol. The molecule has 5 heteroatoms. The Kier molecular flexibility index (Phi) is 9.92. The molecule has 0 spiro atoms. The van der Waals surface area contributed by atoms with Crippen LogP contribution < -0.4 is 5.73 Å². The molecule has 0 aromatic heterocycles. The van der Waals surface area contributed by atoms with Gasteiger partial charge in [-0.05, 0) is 40.0 Å². The second-order valence-electron chi connectivity index (χ2n) is 4.95. The Hall–Kier alpha value is -0.650. The van der Waals surface area contributed by atoms with Gasteiger partial charge in [0.25, 0.3) is 0 Å². The van der Waals surface area contributed by atoms with Crippen LogP contribution in [-0.2, 0) is 9.53 Å². The Morgan fingerprint density at radius 1 is 1.28 bits per heavy atom. The Morgan fingerprint density at radius 2 is 1.94 bits per heavy atom. The number of amides is 1. The van der Waals surface area contributed by atoms with Crippen LogP contribution in [0.4, 0.5) is 0 Å². The Morgan fingerprint density at radius 3 is 2.44 bits per heavy atom. The van der Waals surface area contributed by atoms with Gasteiger partial charge in [-0.25, -0.2) is 0 Å². The average molecular weight is 259 g/mol. The van der Waals surface area contributed by atoms with E-state index in [9.17, 15) is 4.79 Å². The zero-order valence-corrected chi connectivity index (χ0v) is 12.3. The molecule has 0 rings (SSSR count). The summed E-state index contributed by atoms with van der Waals surface area (Å²) in [5.41, 5.74) is 5.51. The number of carbonyl (C=O) groups excluding carboxylic acids is 1. The summed E-state index contributed by atoms with van der Waals surface area (Å²) < 4.78 is 5.06. The lowest BCUT2D eigenvalue weighted by Gasteiger charge is -2.26. The molecular formula is C13H29N3O2. The highest BCUT2D eigenvalue weighted by molar-refractivity contribution is 5.78. The molecule has 108 valence electrons. The summed E-state index contributed by atoms with van der Waals surface area (Å²) in [6.07, 6.45) is 1.73. The lowest BCUT2D eigenvalue weighted by atomic mass is 10.1. The van der Waals surface area contributed by atoms with Crippen molar-refractivity contribution in [2.45, 2.75) is 19.8 Å². The molecule has 2 N–H and O–H groups in total. The lowest BCUT2D eigenvalue weighted by Crippen LogP contribution is -2.39. The molecule has 0 aliphatic rings. The minimum absolute atomic E-state index is 0.00575. The number of nitrogens with zero attached hydrogens (tertiary/aromatic N) is 2. The van der Waals surface area contributed by atoms with Gasteiger partial charge in [-0.3, -0.25) is 4.79 Å². The van der Waals surface area contributed by atoms with Gasteiger partial charge in [-0.15, -0.1) is 0 Å². The summed E-state index contributed by atoms with van der Waals surface area (Å²) in [6, 6.07) is 0. The minimum atomic E-state index is 0.00575. The van der Waals surface area contributed by atoms with Crippen LogP contribution >= 0.6 is 0 Å². The van der Waals surface area contributed by atoms with Crippen molar-refractivity contribution in [2.75, 3.05) is 54.0 Å². The SMILES string of the molecule is COCCN(CCCN(C)C)C(=O)C(C)CCN. The first-order valence-electron chi connectivity index (χ1n) is 6.65. The molecule has 0 heterocycles. The van der Waals surface area contributed by atoms with Gasteiger partial charge in [0, 0.05) is 26.1 Å². The van der Waals surface area contributed by atoms with Gasteiger partial charge < -0.3 is 20.3 Å². The Labute approximate surface area is 111 Å². The van der Waals surface area contributed by atoms with Crippen molar-refractivity contribution in [1.29, 1.82) is 0 Å². The fourth-order valence-electron chi connectivity index (χ4n) is 1.80. The summed E-state index contributed by atoms with van der Waals surface area (Å²) >= 11 is 0. The van der Waals surface area contributed by atoms with E-state index in [4.69, 9.17) is 10.5 Å². The van der Waals surface area contributed by atoms with Gasteiger partial charge in [0.05, 0.1) is 6.61 Å². The Bertz CT molecular complexity index is 222. The third-order valence-corrected chi connectivity index (χ3v) is 2.93. The van der Waals surface area contributed by atoms with Crippen molar-refractivity contribution in [2.24, 2.45) is 11.7 Å². The summed E-state index contributed by atoms with van der Waals surface area (Å²) in [6.45, 7) is 5.53. The van der Waals surface area contributed by atoms with Gasteiger partial charge in [-0.2, -0.15) is 0 Å². The zero-order valence-electron chi connectivity index (χ0n) is 12.3. The summed E-state index contributed by atoms with van der Waals surface area (Å²) in [7, 11) is 5.74. The maximum atomic E-state index is 12.2. The number of methoxy groups -OCH3 is 1. The van der Waals surface area contributed by atoms with Crippen LogP contribution in [0.25, 0.3) is 0 Å². The van der Waals surface area contributed by atoms with Crippen molar-refractivity contribution in [1.82, 2.24) is 9.80 Å². The molecule has 1 amide bonds. The van der Waals surface area contributed by atoms with Gasteiger partial charge in [-0.1, -0.05) is 6.92 Å². The minimum Gasteiger partial charge on any atom is -0.383 e. The number of nitrogens with two attached hydrogens (primary N) is 1. The smallest absolute Gasteiger partial charge is 0.225 e. The first-order chi connectivity index (χ1) is 8.52. The fraction of sp³-hybridized carbons (Fsp3) is 0.923. The van der Waals surface area contributed by atoms with Crippen LogP contribution in [0, 0.1) is 5.92 Å². The van der Waals surface area contributed by atoms with Gasteiger partial charge in [0.15, 0.2) is 0 Å². The van der Waals surface area contributed by atoms with E-state index in [1.807, 2.05) is 25.9 Å². The van der Waals surface area contributed by atoms with E-state index in [-0.39, 0.29) is 11.8 Å². The van der Waals surface area contributed by atoms with E-state index in [1.54, 1.807) is 7.11 Å². The predicted molar refractivity (Wildman–Crippen MR) is 74.5 cm³/mol. The molecule has 0 bridgehead atoms. The molecule has 18 heavy (non-hydrogen) atoms. The molecule has 0 aliphatic heterocycles. The van der Waals surface area contributed by atoms with Crippen molar-refractivity contribution in [3.63, 3.8) is 0 Å². The van der Waals surface area contributed by atoms with Crippen LogP contribution in [0.5, 0.6) is 0 Å². The van der Waals surface area contributed by atoms with Crippen molar-refractivity contribution in [3.05, 3.63) is 0 Å². The maximum Gasteiger partial charge on any atom is 0.225 e. The van der Waals surface area contributed by atoms with Gasteiger partial charge in [0.2, 0.25) is 5.91 Å². The van der Waals surface area contributed by atoms with Crippen LogP contribution in [-0.4, -0.2) is 69.7 Å². The van der Waals surface area contributed by atoms with Crippen molar-refractivity contribution < 1.29 is 9.53 Å². The maximum absolute atomic E-state index is 12.2. The molecule has 1 atom stereocenters. The quantitative estimate of drug-likeness (QED) is 0.617. The first kappa shape index (κ1) is 17.4. The molecule has 0 aromatic rings. The number of carbonyl (C=O) groups is 1. The average Bonchev–Trinajstić information content (AvgIpc) is 2.32. The van der Waals surface area contributed by atoms with Crippen LogP contribution in [0.2, 0.25) is 0 Å². The third kappa shape index (κ3) is 7.63. The van der Waals surface area contributed by atoms with E-state index >= 15 is 0 Å². The molecule has 0 aliphatic carbocycles. The summed E-state index contributed by atoms with van der Waals surface area (Å²) in [4.78, 5) is 16.2. The summed E-state index contributed by atoms with van der Waals surface area (Å²) in [5, 5.41) is 0. The van der Waals surface area contributed by atoms with Crippen molar-refractivity contribution in [3.8, 4) is 0 Å². The van der Waals surface area contributed by atoms with Crippen LogP contribution in [0.1, 0.15) is 19.8 Å². The van der Waals surface area contributed by atoms with Crippen LogP contribution in [0.15, 0.2) is 0 Å². The Balaban J connectivity index is 4.23. The second kappa shape index (κ2) is 10.3. The number of hydrogen-bond acceptors (Lipinski definition) is 4. The molecule has 0 saturated heterocycles. The normalized spacial score (nSPS) is 12.8. The van der Waals surface area contributed by atoms with Crippen LogP contribution in [0.3, 0.4) is 0 Å². The highest BCUT2D eigenvalue weighted by Gasteiger charge is 2.19. The number of ether oxygens (including phenoxy) is 1. The lowest BCUT2D eigenvalue weighted by molar-refractivity contribution is -0.135. The molecule has 0 aromatic carbocycles. The topological polar surface area (TPSA) is 58.8 Å². The zero-order chi connectivity index (χ0) is 14.0. The number of hydrogen-bond donors (Lipinski definition) is 1. The molecular weight excluding hydrogens is 230 g/mol. The van der Waals surface area contributed by atoms with Gasteiger partial charge in [0.1, 0.15) is 0 Å². The van der Waals surface area contributed by atoms with E-state index in [0.717, 1.165) is 25.9 Å². The molecule has 0 saturated carbocycles. The predicted octanol–water partition coefficient (Wildman–Crippen LogP) is 0.398. The van der Waals surface area contributed by atoms with E-state index in [1.165, 1.54) is 0 Å². The van der Waals surface area contributed by atoms with E-state index in [0.29, 0.717) is 19.7 Å². The largest absolute Gasteiger partial charge is 0.383 e. The molecule has 5 nitrogen and oxygen atoms in total. The standard InChI is InChI=1S/C13H29N3O2/c1-12(6-7-14)13(17)16(10-11-18-4)9-5-8-15(2)3/h12H,5-11,14H2,1-4H3. The highest BCUT2D eigenvalue weighted by atomic mass is 16.5. The van der Waals surface area contributed by atoms with E-state index in [2.05, 4.69) is 4.90 Å². The highest BCUT2D eigenvalue weighted by Crippen LogP contribution is 2.07. The summed E-state index contributed by atoms with van der Waals surface area (Å²) in [5.74, 6) is 0.197. The van der Waals surface area contributed by atoms with Gasteiger partial charge >= 0.3 is 0 Å². The van der Waals surface area contributed by atoms with E-state index < -0.39 is 0 Å². The fourth-order valence-corrected chi connectivity index (χ4v) is 1.80. The molecule has 0 fully saturated rings. The molecule has 1 unspecified atom stereocenters. The molecule has 0 radical (unpaired) electrons.